The average molecular weight is 447 g/mol. The van der Waals surface area contributed by atoms with Gasteiger partial charge in [-0.15, -0.1) is 0 Å². The molecule has 33 heavy (non-hydrogen) atoms. The topological polar surface area (TPSA) is 45.8 Å². The maximum atomic E-state index is 12.4. The first-order valence-corrected chi connectivity index (χ1v) is 14.0. The Morgan fingerprint density at radius 3 is 2.70 bits per heavy atom. The van der Waals surface area contributed by atoms with E-state index in [1.807, 2.05) is 24.3 Å². The van der Waals surface area contributed by atoms with E-state index in [0.29, 0.717) is 16.2 Å². The lowest BCUT2D eigenvalue weighted by atomic mass is 9.45. The molecule has 1 aromatic heterocycles. The van der Waals surface area contributed by atoms with Gasteiger partial charge in [0.1, 0.15) is 5.82 Å². The fourth-order valence-electron chi connectivity index (χ4n) is 9.65. The van der Waals surface area contributed by atoms with Gasteiger partial charge in [-0.25, -0.2) is 4.98 Å². The quantitative estimate of drug-likeness (QED) is 0.536. The first-order valence-electron chi connectivity index (χ1n) is 14.0. The van der Waals surface area contributed by atoms with Crippen molar-refractivity contribution in [3.8, 4) is 0 Å². The second kappa shape index (κ2) is 8.24. The predicted octanol–water partition coefficient (Wildman–Crippen LogP) is 7.29. The molecule has 2 aromatic rings. The molecule has 3 heteroatoms. The molecule has 0 radical (unpaired) electrons. The van der Waals surface area contributed by atoms with E-state index in [1.165, 1.54) is 70.6 Å². The number of hydrogen-bond donors (Lipinski definition) is 1. The molecule has 4 saturated carbocycles. The summed E-state index contributed by atoms with van der Waals surface area (Å²) >= 11 is 0. The summed E-state index contributed by atoms with van der Waals surface area (Å²) in [5.41, 5.74) is 2.03. The molecule has 6 rings (SSSR count). The molecule has 178 valence electrons. The van der Waals surface area contributed by atoms with E-state index in [4.69, 9.17) is 4.98 Å². The highest BCUT2D eigenvalue weighted by Gasteiger charge is 2.59. The van der Waals surface area contributed by atoms with Crippen LogP contribution in [-0.2, 0) is 6.42 Å². The fourth-order valence-corrected chi connectivity index (χ4v) is 9.65. The number of hydrogen-bond acceptors (Lipinski definition) is 2. The second-order valence-electron chi connectivity index (χ2n) is 12.6. The van der Waals surface area contributed by atoms with E-state index in [1.54, 1.807) is 0 Å². The predicted molar refractivity (Wildman–Crippen MR) is 135 cm³/mol. The molecular weight excluding hydrogens is 404 g/mol. The molecule has 0 saturated heterocycles. The SMILES string of the molecule is CC12CCCCC1CCC1C2CCC2(C)C(CCCc3nc4ccccc4c(=O)[nH]3)CCC12. The number of para-hydroxylation sites is 1. The monoisotopic (exact) mass is 446 g/mol. The Labute approximate surface area is 199 Å². The molecular formula is C30H42N2O. The van der Waals surface area contributed by atoms with Crippen LogP contribution in [0.15, 0.2) is 29.1 Å². The van der Waals surface area contributed by atoms with Crippen molar-refractivity contribution in [2.45, 2.75) is 97.3 Å². The van der Waals surface area contributed by atoms with Gasteiger partial charge in [-0.05, 0) is 117 Å². The van der Waals surface area contributed by atoms with Crippen LogP contribution in [0.5, 0.6) is 0 Å². The largest absolute Gasteiger partial charge is 0.310 e. The van der Waals surface area contributed by atoms with E-state index in [0.717, 1.165) is 53.8 Å². The van der Waals surface area contributed by atoms with Crippen molar-refractivity contribution in [3.05, 3.63) is 40.4 Å². The average Bonchev–Trinajstić information content (AvgIpc) is 3.15. The molecule has 1 N–H and O–H groups in total. The molecule has 0 spiro atoms. The van der Waals surface area contributed by atoms with Crippen molar-refractivity contribution in [2.75, 3.05) is 0 Å². The van der Waals surface area contributed by atoms with Crippen molar-refractivity contribution >= 4 is 10.9 Å². The van der Waals surface area contributed by atoms with Gasteiger partial charge in [0, 0.05) is 6.42 Å². The first-order chi connectivity index (χ1) is 16.0. The van der Waals surface area contributed by atoms with Crippen LogP contribution >= 0.6 is 0 Å². The van der Waals surface area contributed by atoms with Crippen LogP contribution in [0.4, 0.5) is 0 Å². The minimum Gasteiger partial charge on any atom is -0.310 e. The van der Waals surface area contributed by atoms with Crippen LogP contribution in [0.1, 0.15) is 96.7 Å². The van der Waals surface area contributed by atoms with Crippen molar-refractivity contribution in [1.29, 1.82) is 0 Å². The number of fused-ring (bicyclic) bond motifs is 6. The van der Waals surface area contributed by atoms with Gasteiger partial charge in [0.2, 0.25) is 0 Å². The van der Waals surface area contributed by atoms with Crippen LogP contribution in [-0.4, -0.2) is 9.97 Å². The number of nitrogens with one attached hydrogen (secondary N) is 1. The van der Waals surface area contributed by atoms with Gasteiger partial charge in [-0.1, -0.05) is 38.8 Å². The lowest BCUT2D eigenvalue weighted by molar-refractivity contribution is -0.111. The van der Waals surface area contributed by atoms with Crippen LogP contribution in [0.2, 0.25) is 0 Å². The number of nitrogens with zero attached hydrogens (tertiary/aromatic N) is 1. The molecule has 4 aliphatic rings. The third-order valence-corrected chi connectivity index (χ3v) is 11.4. The summed E-state index contributed by atoms with van der Waals surface area (Å²) in [6.45, 7) is 5.36. The number of aromatic nitrogens is 2. The molecule has 1 aromatic carbocycles. The Kier molecular flexibility index (Phi) is 5.46. The standard InChI is InChI=1S/C30H42N2O/c1-29-18-6-5-8-20(29)13-15-22-24-16-14-21(30(24,2)19-17-25(22)29)9-7-12-27-31-26-11-4-3-10-23(26)28(33)32-27/h3-4,10-11,20-22,24-25H,5-9,12-19H2,1-2H3,(H,31,32,33). The Morgan fingerprint density at radius 2 is 1.79 bits per heavy atom. The summed E-state index contributed by atoms with van der Waals surface area (Å²) in [6.07, 6.45) is 18.2. The van der Waals surface area contributed by atoms with Crippen LogP contribution < -0.4 is 5.56 Å². The molecule has 0 bridgehead atoms. The Balaban J connectivity index is 1.13. The van der Waals surface area contributed by atoms with Gasteiger partial charge in [-0.2, -0.15) is 0 Å². The number of rotatable bonds is 4. The van der Waals surface area contributed by atoms with E-state index < -0.39 is 0 Å². The lowest BCUT2D eigenvalue weighted by Crippen LogP contribution is -2.52. The van der Waals surface area contributed by atoms with Crippen molar-refractivity contribution in [2.24, 2.45) is 40.4 Å². The zero-order chi connectivity index (χ0) is 22.6. The van der Waals surface area contributed by atoms with Crippen LogP contribution in [0.3, 0.4) is 0 Å². The van der Waals surface area contributed by atoms with Gasteiger partial charge in [0.15, 0.2) is 0 Å². The molecule has 3 nitrogen and oxygen atoms in total. The highest BCUT2D eigenvalue weighted by atomic mass is 16.1. The number of benzene rings is 1. The van der Waals surface area contributed by atoms with E-state index in [-0.39, 0.29) is 5.56 Å². The third-order valence-electron chi connectivity index (χ3n) is 11.4. The van der Waals surface area contributed by atoms with Gasteiger partial charge < -0.3 is 4.98 Å². The van der Waals surface area contributed by atoms with E-state index in [2.05, 4.69) is 18.8 Å². The van der Waals surface area contributed by atoms with Gasteiger partial charge in [-0.3, -0.25) is 4.79 Å². The molecule has 7 unspecified atom stereocenters. The molecule has 0 amide bonds. The minimum atomic E-state index is 0.00799. The molecule has 7 atom stereocenters. The molecule has 1 heterocycles. The Bertz CT molecular complexity index is 1070. The lowest BCUT2D eigenvalue weighted by Gasteiger charge is -2.60. The Morgan fingerprint density at radius 1 is 0.939 bits per heavy atom. The first kappa shape index (κ1) is 21.9. The van der Waals surface area contributed by atoms with Crippen molar-refractivity contribution in [1.82, 2.24) is 9.97 Å². The highest BCUT2D eigenvalue weighted by molar-refractivity contribution is 5.77. The van der Waals surface area contributed by atoms with Gasteiger partial charge >= 0.3 is 0 Å². The zero-order valence-corrected chi connectivity index (χ0v) is 20.7. The summed E-state index contributed by atoms with van der Waals surface area (Å²) in [6, 6.07) is 7.69. The van der Waals surface area contributed by atoms with E-state index in [9.17, 15) is 4.79 Å². The van der Waals surface area contributed by atoms with Crippen LogP contribution in [0.25, 0.3) is 10.9 Å². The molecule has 4 aliphatic carbocycles. The van der Waals surface area contributed by atoms with Crippen molar-refractivity contribution < 1.29 is 0 Å². The van der Waals surface area contributed by atoms with Crippen LogP contribution in [0, 0.1) is 40.4 Å². The third kappa shape index (κ3) is 3.51. The minimum absolute atomic E-state index is 0.00799. The normalized spacial score (nSPS) is 40.2. The number of aryl methyl sites for hydroxylation is 1. The summed E-state index contributed by atoms with van der Waals surface area (Å²) in [7, 11) is 0. The summed E-state index contributed by atoms with van der Waals surface area (Å²) in [5, 5.41) is 0.700. The molecule has 4 fully saturated rings. The smallest absolute Gasteiger partial charge is 0.258 e. The number of H-pyrrole nitrogens is 1. The highest BCUT2D eigenvalue weighted by Crippen LogP contribution is 2.67. The van der Waals surface area contributed by atoms with Crippen molar-refractivity contribution in [3.63, 3.8) is 0 Å². The summed E-state index contributed by atoms with van der Waals surface area (Å²) in [5.74, 6) is 5.69. The number of aromatic amines is 1. The molecule has 0 aliphatic heterocycles. The fraction of sp³-hybridized carbons (Fsp3) is 0.733. The van der Waals surface area contributed by atoms with Gasteiger partial charge in [0.25, 0.3) is 5.56 Å². The maximum Gasteiger partial charge on any atom is 0.258 e. The summed E-state index contributed by atoms with van der Waals surface area (Å²) in [4.78, 5) is 20.2. The summed E-state index contributed by atoms with van der Waals surface area (Å²) < 4.78 is 0. The second-order valence-corrected chi connectivity index (χ2v) is 12.6. The van der Waals surface area contributed by atoms with E-state index >= 15 is 0 Å². The van der Waals surface area contributed by atoms with Gasteiger partial charge in [0.05, 0.1) is 10.9 Å². The Hall–Kier alpha value is -1.64. The maximum absolute atomic E-state index is 12.4. The zero-order valence-electron chi connectivity index (χ0n) is 20.7.